The Kier molecular flexibility index (Phi) is 5.80. The summed E-state index contributed by atoms with van der Waals surface area (Å²) < 4.78 is 23.0. The van der Waals surface area contributed by atoms with Crippen molar-refractivity contribution in [3.8, 4) is 0 Å². The molecular weight excluding hydrogens is 386 g/mol. The van der Waals surface area contributed by atoms with Gasteiger partial charge in [0.15, 0.2) is 9.84 Å². The molecule has 0 bridgehead atoms. The molecule has 1 N–H and O–H groups in total. The molecule has 0 atom stereocenters. The van der Waals surface area contributed by atoms with Crippen molar-refractivity contribution in [2.75, 3.05) is 11.6 Å². The van der Waals surface area contributed by atoms with Crippen LogP contribution in [0.3, 0.4) is 0 Å². The van der Waals surface area contributed by atoms with Crippen LogP contribution in [0.15, 0.2) is 75.8 Å². The van der Waals surface area contributed by atoms with Gasteiger partial charge in [-0.15, -0.1) is 23.1 Å². The van der Waals surface area contributed by atoms with Gasteiger partial charge in [0.05, 0.1) is 10.5 Å². The molecule has 26 heavy (non-hydrogen) atoms. The molecule has 0 fully saturated rings. The highest BCUT2D eigenvalue weighted by Crippen LogP contribution is 2.28. The van der Waals surface area contributed by atoms with Gasteiger partial charge in [-0.25, -0.2) is 8.42 Å². The van der Waals surface area contributed by atoms with Crippen molar-refractivity contribution >= 4 is 44.5 Å². The molecule has 0 spiro atoms. The lowest BCUT2D eigenvalue weighted by molar-refractivity contribution is 0.102. The number of thioether (sulfide) groups is 1. The van der Waals surface area contributed by atoms with E-state index in [2.05, 4.69) is 11.4 Å². The maximum atomic E-state index is 12.6. The molecule has 1 aromatic heterocycles. The van der Waals surface area contributed by atoms with Gasteiger partial charge in [0, 0.05) is 27.5 Å². The molecule has 3 rings (SSSR count). The number of hydrogen-bond acceptors (Lipinski definition) is 5. The number of thiophene rings is 1. The first-order valence-electron chi connectivity index (χ1n) is 7.79. The van der Waals surface area contributed by atoms with Crippen LogP contribution in [0.4, 0.5) is 5.69 Å². The van der Waals surface area contributed by atoms with Crippen LogP contribution in [0.1, 0.15) is 15.2 Å². The predicted molar refractivity (Wildman–Crippen MR) is 108 cm³/mol. The van der Waals surface area contributed by atoms with E-state index in [0.717, 1.165) is 16.9 Å². The monoisotopic (exact) mass is 403 g/mol. The van der Waals surface area contributed by atoms with E-state index in [0.29, 0.717) is 11.3 Å². The number of rotatable bonds is 6. The summed E-state index contributed by atoms with van der Waals surface area (Å²) in [5.74, 6) is 0.594. The third-order valence-electron chi connectivity index (χ3n) is 3.62. The van der Waals surface area contributed by atoms with Gasteiger partial charge in [0.1, 0.15) is 0 Å². The van der Waals surface area contributed by atoms with Gasteiger partial charge in [0.25, 0.3) is 5.91 Å². The lowest BCUT2D eigenvalue weighted by Gasteiger charge is -2.10. The van der Waals surface area contributed by atoms with Crippen LogP contribution in [0.25, 0.3) is 0 Å². The standard InChI is InChI=1S/C19H17NO3S3/c1-26(22,23)16-10-8-14(9-11-16)20-19(21)17-6-2-3-7-18(17)25-13-15-5-4-12-24-15/h2-12H,13H2,1H3,(H,20,21). The van der Waals surface area contributed by atoms with E-state index in [1.807, 2.05) is 29.6 Å². The molecule has 0 saturated heterocycles. The van der Waals surface area contributed by atoms with Crippen molar-refractivity contribution in [3.63, 3.8) is 0 Å². The molecule has 0 unspecified atom stereocenters. The molecule has 0 aliphatic rings. The van der Waals surface area contributed by atoms with Crippen molar-refractivity contribution in [2.45, 2.75) is 15.5 Å². The Hall–Kier alpha value is -2.09. The van der Waals surface area contributed by atoms with E-state index in [1.54, 1.807) is 41.3 Å². The normalized spacial score (nSPS) is 11.3. The zero-order valence-electron chi connectivity index (χ0n) is 14.0. The number of carbonyl (C=O) groups is 1. The fraction of sp³-hybridized carbons (Fsp3) is 0.105. The van der Waals surface area contributed by atoms with Crippen molar-refractivity contribution < 1.29 is 13.2 Å². The Morgan fingerprint density at radius 3 is 2.42 bits per heavy atom. The van der Waals surface area contributed by atoms with E-state index in [1.165, 1.54) is 17.0 Å². The largest absolute Gasteiger partial charge is 0.322 e. The van der Waals surface area contributed by atoms with Crippen LogP contribution >= 0.6 is 23.1 Å². The molecule has 0 saturated carbocycles. The second-order valence-electron chi connectivity index (χ2n) is 5.61. The topological polar surface area (TPSA) is 63.2 Å². The van der Waals surface area contributed by atoms with Crippen molar-refractivity contribution in [3.05, 3.63) is 76.5 Å². The minimum atomic E-state index is -3.25. The van der Waals surface area contributed by atoms with Gasteiger partial charge in [-0.2, -0.15) is 0 Å². The fourth-order valence-corrected chi connectivity index (χ4v) is 4.76. The molecule has 0 aliphatic carbocycles. The first kappa shape index (κ1) is 18.7. The van der Waals surface area contributed by atoms with Crippen molar-refractivity contribution in [1.29, 1.82) is 0 Å². The molecule has 134 valence electrons. The zero-order valence-corrected chi connectivity index (χ0v) is 16.5. The first-order chi connectivity index (χ1) is 12.4. The average molecular weight is 404 g/mol. The Morgan fingerprint density at radius 1 is 1.04 bits per heavy atom. The van der Waals surface area contributed by atoms with E-state index >= 15 is 0 Å². The summed E-state index contributed by atoms with van der Waals surface area (Å²) in [4.78, 5) is 15.0. The minimum absolute atomic E-state index is 0.216. The third kappa shape index (κ3) is 4.75. The first-order valence-corrected chi connectivity index (χ1v) is 11.5. The maximum absolute atomic E-state index is 12.6. The summed E-state index contributed by atoms with van der Waals surface area (Å²) in [5.41, 5.74) is 1.15. The molecule has 1 heterocycles. The Balaban J connectivity index is 1.73. The molecule has 0 aliphatic heterocycles. The average Bonchev–Trinajstić information content (AvgIpc) is 3.13. The molecule has 3 aromatic rings. The Bertz CT molecular complexity index is 995. The Morgan fingerprint density at radius 2 is 1.77 bits per heavy atom. The van der Waals surface area contributed by atoms with Gasteiger partial charge in [-0.3, -0.25) is 4.79 Å². The lowest BCUT2D eigenvalue weighted by atomic mass is 10.2. The number of hydrogen-bond donors (Lipinski definition) is 1. The van der Waals surface area contributed by atoms with Crippen LogP contribution < -0.4 is 5.32 Å². The highest BCUT2D eigenvalue weighted by molar-refractivity contribution is 7.98. The van der Waals surface area contributed by atoms with Gasteiger partial charge >= 0.3 is 0 Å². The number of benzene rings is 2. The van der Waals surface area contributed by atoms with E-state index in [4.69, 9.17) is 0 Å². The molecule has 7 heteroatoms. The van der Waals surface area contributed by atoms with Crippen LogP contribution in [0.2, 0.25) is 0 Å². The summed E-state index contributed by atoms with van der Waals surface area (Å²) in [5, 5.41) is 4.86. The van der Waals surface area contributed by atoms with Crippen LogP contribution in [0.5, 0.6) is 0 Å². The summed E-state index contributed by atoms with van der Waals surface area (Å²) in [6, 6.07) is 17.7. The van der Waals surface area contributed by atoms with Gasteiger partial charge in [-0.1, -0.05) is 18.2 Å². The second-order valence-corrected chi connectivity index (χ2v) is 9.68. The van der Waals surface area contributed by atoms with Gasteiger partial charge < -0.3 is 5.32 Å². The highest BCUT2D eigenvalue weighted by atomic mass is 32.2. The second kappa shape index (κ2) is 8.07. The summed E-state index contributed by atoms with van der Waals surface area (Å²) >= 11 is 3.31. The summed E-state index contributed by atoms with van der Waals surface area (Å²) in [6.45, 7) is 0. The molecule has 2 aromatic carbocycles. The van der Waals surface area contributed by atoms with Gasteiger partial charge in [0.2, 0.25) is 0 Å². The van der Waals surface area contributed by atoms with Gasteiger partial charge in [-0.05, 0) is 47.8 Å². The Labute approximate surface area is 161 Å². The quantitative estimate of drug-likeness (QED) is 0.606. The number of carbonyl (C=O) groups excluding carboxylic acids is 1. The van der Waals surface area contributed by atoms with E-state index < -0.39 is 9.84 Å². The summed E-state index contributed by atoms with van der Waals surface area (Å²) in [6.07, 6.45) is 1.15. The van der Waals surface area contributed by atoms with Crippen molar-refractivity contribution in [2.24, 2.45) is 0 Å². The molecular formula is C19H17NO3S3. The number of amides is 1. The minimum Gasteiger partial charge on any atom is -0.322 e. The molecule has 1 amide bonds. The summed E-state index contributed by atoms with van der Waals surface area (Å²) in [7, 11) is -3.25. The molecule has 0 radical (unpaired) electrons. The van der Waals surface area contributed by atoms with Crippen LogP contribution in [-0.4, -0.2) is 20.6 Å². The van der Waals surface area contributed by atoms with E-state index in [-0.39, 0.29) is 10.8 Å². The maximum Gasteiger partial charge on any atom is 0.256 e. The highest BCUT2D eigenvalue weighted by Gasteiger charge is 2.13. The SMILES string of the molecule is CS(=O)(=O)c1ccc(NC(=O)c2ccccc2SCc2cccs2)cc1. The fourth-order valence-electron chi connectivity index (χ4n) is 2.31. The lowest BCUT2D eigenvalue weighted by Crippen LogP contribution is -2.13. The predicted octanol–water partition coefficient (Wildman–Crippen LogP) is 4.70. The molecule has 4 nitrogen and oxygen atoms in total. The van der Waals surface area contributed by atoms with Crippen LogP contribution in [-0.2, 0) is 15.6 Å². The zero-order chi connectivity index (χ0) is 18.6. The third-order valence-corrected chi connectivity index (χ3v) is 6.93. The number of sulfone groups is 1. The number of nitrogens with one attached hydrogen (secondary N) is 1. The smallest absolute Gasteiger partial charge is 0.256 e. The van der Waals surface area contributed by atoms with Crippen LogP contribution in [0, 0.1) is 0 Å². The van der Waals surface area contributed by atoms with E-state index in [9.17, 15) is 13.2 Å². The van der Waals surface area contributed by atoms with Crippen molar-refractivity contribution in [1.82, 2.24) is 0 Å². The number of anilines is 1.